The lowest BCUT2D eigenvalue weighted by atomic mass is 10.00. The molecule has 0 aliphatic heterocycles. The first kappa shape index (κ1) is 14.1. The minimum absolute atomic E-state index is 0.0519. The van der Waals surface area contributed by atoms with Gasteiger partial charge in [-0.1, -0.05) is 26.3 Å². The zero-order valence-corrected chi connectivity index (χ0v) is 9.88. The van der Waals surface area contributed by atoms with Gasteiger partial charge in [0.1, 0.15) is 0 Å². The highest BCUT2D eigenvalue weighted by molar-refractivity contribution is 7.90. The van der Waals surface area contributed by atoms with Crippen molar-refractivity contribution in [2.24, 2.45) is 11.7 Å². The smallest absolute Gasteiger partial charge is 0.250 e. The Balaban J connectivity index is 4.43. The first-order chi connectivity index (χ1) is 6.84. The summed E-state index contributed by atoms with van der Waals surface area (Å²) in [5.74, 6) is -0.999. The number of hydrogen-bond donors (Lipinski definition) is 2. The third-order valence-corrected chi connectivity index (χ3v) is 3.34. The van der Waals surface area contributed by atoms with E-state index in [1.165, 1.54) is 6.08 Å². The van der Waals surface area contributed by atoms with Crippen molar-refractivity contribution in [1.82, 2.24) is 4.72 Å². The van der Waals surface area contributed by atoms with Crippen LogP contribution in [-0.2, 0) is 14.8 Å². The van der Waals surface area contributed by atoms with Crippen LogP contribution in [0.25, 0.3) is 0 Å². The molecule has 15 heavy (non-hydrogen) atoms. The predicted octanol–water partition coefficient (Wildman–Crippen LogP) is -0.00820. The Morgan fingerprint density at radius 3 is 2.53 bits per heavy atom. The fourth-order valence-corrected chi connectivity index (χ4v) is 1.77. The second kappa shape index (κ2) is 5.87. The van der Waals surface area contributed by atoms with Gasteiger partial charge in [-0.05, 0) is 5.92 Å². The molecule has 0 rings (SSSR count). The lowest BCUT2D eigenvalue weighted by Gasteiger charge is -2.17. The van der Waals surface area contributed by atoms with Crippen LogP contribution in [0.2, 0.25) is 0 Å². The first-order valence-electron chi connectivity index (χ1n) is 4.74. The number of carbonyl (C=O) groups is 1. The summed E-state index contributed by atoms with van der Waals surface area (Å²) in [7, 11) is -3.62. The maximum absolute atomic E-state index is 11.4. The molecule has 0 spiro atoms. The summed E-state index contributed by atoms with van der Waals surface area (Å²) in [6.45, 7) is 6.97. The average Bonchev–Trinajstić information content (AvgIpc) is 2.14. The van der Waals surface area contributed by atoms with Crippen LogP contribution in [0.4, 0.5) is 0 Å². The number of nitrogens with one attached hydrogen (secondary N) is 1. The van der Waals surface area contributed by atoms with Crippen molar-refractivity contribution in [3.8, 4) is 0 Å². The average molecular weight is 234 g/mol. The molecule has 1 amide bonds. The van der Waals surface area contributed by atoms with Crippen molar-refractivity contribution in [2.75, 3.05) is 5.75 Å². The van der Waals surface area contributed by atoms with Crippen molar-refractivity contribution in [3.63, 3.8) is 0 Å². The normalized spacial score (nSPS) is 15.4. The maximum Gasteiger partial charge on any atom is 0.250 e. The Labute approximate surface area is 90.8 Å². The first-order valence-corrected chi connectivity index (χ1v) is 6.40. The second-order valence-corrected chi connectivity index (χ2v) is 5.21. The topological polar surface area (TPSA) is 89.3 Å². The molecule has 0 bridgehead atoms. The molecule has 0 aliphatic rings. The molecule has 0 aromatic carbocycles. The maximum atomic E-state index is 11.4. The fraction of sp³-hybridized carbons (Fsp3) is 0.667. The molecule has 0 fully saturated rings. The summed E-state index contributed by atoms with van der Waals surface area (Å²) in [5.41, 5.74) is 5.57. The van der Waals surface area contributed by atoms with E-state index in [0.29, 0.717) is 0 Å². The second-order valence-electron chi connectivity index (χ2n) is 3.45. The standard InChI is InChI=1S/C9H18N2O3S/c1-4-6-15(13,14)11-9(12)8(10)7(3)5-2/h4,7-8H,1,5-6,10H2,2-3H3,(H,11,12). The largest absolute Gasteiger partial charge is 0.320 e. The van der Waals surface area contributed by atoms with Crippen LogP contribution in [-0.4, -0.2) is 26.1 Å². The van der Waals surface area contributed by atoms with Crippen LogP contribution in [0.3, 0.4) is 0 Å². The van der Waals surface area contributed by atoms with Gasteiger partial charge in [0.05, 0.1) is 11.8 Å². The Hall–Kier alpha value is -0.880. The van der Waals surface area contributed by atoms with E-state index in [9.17, 15) is 13.2 Å². The Bertz CT molecular complexity index is 324. The molecular weight excluding hydrogens is 216 g/mol. The summed E-state index contributed by atoms with van der Waals surface area (Å²) in [6.07, 6.45) is 1.93. The molecule has 88 valence electrons. The molecule has 2 unspecified atom stereocenters. The summed E-state index contributed by atoms with van der Waals surface area (Å²) in [6, 6.07) is -0.797. The molecule has 0 saturated heterocycles. The van der Waals surface area contributed by atoms with Crippen LogP contribution in [0.15, 0.2) is 12.7 Å². The lowest BCUT2D eigenvalue weighted by Crippen LogP contribution is -2.47. The molecule has 0 aliphatic carbocycles. The van der Waals surface area contributed by atoms with Gasteiger partial charge in [-0.3, -0.25) is 9.52 Å². The van der Waals surface area contributed by atoms with Gasteiger partial charge in [0, 0.05) is 0 Å². The molecule has 3 N–H and O–H groups in total. The van der Waals surface area contributed by atoms with E-state index in [2.05, 4.69) is 6.58 Å². The molecule has 0 radical (unpaired) electrons. The number of nitrogens with two attached hydrogens (primary N) is 1. The van der Waals surface area contributed by atoms with Gasteiger partial charge in [0.15, 0.2) is 0 Å². The number of hydrogen-bond acceptors (Lipinski definition) is 4. The predicted molar refractivity (Wildman–Crippen MR) is 59.6 cm³/mol. The molecule has 0 heterocycles. The highest BCUT2D eigenvalue weighted by Crippen LogP contribution is 2.05. The van der Waals surface area contributed by atoms with Gasteiger partial charge >= 0.3 is 0 Å². The van der Waals surface area contributed by atoms with E-state index in [1.54, 1.807) is 6.92 Å². The zero-order chi connectivity index (χ0) is 12.1. The minimum Gasteiger partial charge on any atom is -0.320 e. The third kappa shape index (κ3) is 4.94. The molecule has 0 aromatic heterocycles. The molecule has 0 aromatic rings. The van der Waals surface area contributed by atoms with E-state index >= 15 is 0 Å². The Morgan fingerprint density at radius 2 is 2.13 bits per heavy atom. The highest BCUT2D eigenvalue weighted by atomic mass is 32.2. The molecule has 0 saturated carbocycles. The van der Waals surface area contributed by atoms with Crippen molar-refractivity contribution >= 4 is 15.9 Å². The fourth-order valence-electron chi connectivity index (χ4n) is 0.930. The minimum atomic E-state index is -3.62. The third-order valence-electron chi connectivity index (χ3n) is 2.15. The van der Waals surface area contributed by atoms with Gasteiger partial charge in [-0.25, -0.2) is 8.42 Å². The summed E-state index contributed by atoms with van der Waals surface area (Å²) < 4.78 is 24.3. The van der Waals surface area contributed by atoms with E-state index in [4.69, 9.17) is 5.73 Å². The van der Waals surface area contributed by atoms with Crippen LogP contribution < -0.4 is 10.5 Å². The van der Waals surface area contributed by atoms with Gasteiger partial charge in [0.2, 0.25) is 10.0 Å². The van der Waals surface area contributed by atoms with Crippen LogP contribution in [0, 0.1) is 5.92 Å². The van der Waals surface area contributed by atoms with Crippen LogP contribution in [0.5, 0.6) is 0 Å². The number of carbonyl (C=O) groups excluding carboxylic acids is 1. The number of amides is 1. The monoisotopic (exact) mass is 234 g/mol. The molecule has 2 atom stereocenters. The quantitative estimate of drug-likeness (QED) is 0.633. The van der Waals surface area contributed by atoms with Crippen LogP contribution >= 0.6 is 0 Å². The molecule has 6 heteroatoms. The van der Waals surface area contributed by atoms with Crippen LogP contribution in [0.1, 0.15) is 20.3 Å². The van der Waals surface area contributed by atoms with Gasteiger partial charge in [-0.15, -0.1) is 6.58 Å². The van der Waals surface area contributed by atoms with E-state index in [0.717, 1.165) is 6.42 Å². The summed E-state index contributed by atoms with van der Waals surface area (Å²) in [4.78, 5) is 11.4. The van der Waals surface area contributed by atoms with Crippen molar-refractivity contribution < 1.29 is 13.2 Å². The van der Waals surface area contributed by atoms with E-state index in [1.807, 2.05) is 11.6 Å². The van der Waals surface area contributed by atoms with Gasteiger partial charge in [0.25, 0.3) is 5.91 Å². The number of rotatable bonds is 6. The lowest BCUT2D eigenvalue weighted by molar-refractivity contribution is -0.121. The van der Waals surface area contributed by atoms with Crippen molar-refractivity contribution in [2.45, 2.75) is 26.3 Å². The Kier molecular flexibility index (Phi) is 5.53. The van der Waals surface area contributed by atoms with E-state index in [-0.39, 0.29) is 11.7 Å². The van der Waals surface area contributed by atoms with Gasteiger partial charge < -0.3 is 5.73 Å². The summed E-state index contributed by atoms with van der Waals surface area (Å²) in [5, 5.41) is 0. The van der Waals surface area contributed by atoms with Gasteiger partial charge in [-0.2, -0.15) is 0 Å². The zero-order valence-electron chi connectivity index (χ0n) is 9.06. The van der Waals surface area contributed by atoms with Crippen molar-refractivity contribution in [3.05, 3.63) is 12.7 Å². The number of sulfonamides is 1. The van der Waals surface area contributed by atoms with E-state index < -0.39 is 22.0 Å². The molecular formula is C9H18N2O3S. The summed E-state index contributed by atoms with van der Waals surface area (Å²) >= 11 is 0. The highest BCUT2D eigenvalue weighted by Gasteiger charge is 2.23. The van der Waals surface area contributed by atoms with Crippen molar-refractivity contribution in [1.29, 1.82) is 0 Å². The Morgan fingerprint density at radius 1 is 1.60 bits per heavy atom. The SMILES string of the molecule is C=CCS(=O)(=O)NC(=O)C(N)C(C)CC. The molecule has 5 nitrogen and oxygen atoms in total.